The lowest BCUT2D eigenvalue weighted by Crippen LogP contribution is -2.15. The maximum atomic E-state index is 12.0. The molecule has 0 saturated heterocycles. The van der Waals surface area contributed by atoms with Gasteiger partial charge in [0.05, 0.1) is 0 Å². The number of amides is 1. The molecule has 0 radical (unpaired) electrons. The Kier molecular flexibility index (Phi) is 4.83. The number of benzene rings is 1. The first-order valence-electron chi connectivity index (χ1n) is 7.31. The van der Waals surface area contributed by atoms with Gasteiger partial charge in [0.1, 0.15) is 0 Å². The largest absolute Gasteiger partial charge is 0.399 e. The van der Waals surface area contributed by atoms with Gasteiger partial charge in [-0.2, -0.15) is 0 Å². The molecule has 0 atom stereocenters. The maximum Gasteiger partial charge on any atom is 0.224 e. The van der Waals surface area contributed by atoms with Gasteiger partial charge in [0.15, 0.2) is 0 Å². The second kappa shape index (κ2) is 6.60. The molecular formula is C16H24N2O. The Balaban J connectivity index is 1.81. The van der Waals surface area contributed by atoms with E-state index >= 15 is 0 Å². The third kappa shape index (κ3) is 4.27. The lowest BCUT2D eigenvalue weighted by Gasteiger charge is -2.21. The minimum atomic E-state index is 0.110. The van der Waals surface area contributed by atoms with Gasteiger partial charge in [0.2, 0.25) is 5.91 Å². The van der Waals surface area contributed by atoms with E-state index in [0.29, 0.717) is 12.1 Å². The Bertz CT molecular complexity index is 436. The Labute approximate surface area is 115 Å². The molecular weight excluding hydrogens is 236 g/mol. The fraction of sp³-hybridized carbons (Fsp3) is 0.562. The first-order valence-corrected chi connectivity index (χ1v) is 7.31. The van der Waals surface area contributed by atoms with Gasteiger partial charge in [-0.1, -0.05) is 38.2 Å². The molecule has 1 aliphatic rings. The molecule has 104 valence electrons. The SMILES string of the molecule is Cc1ccc(N)cc1NC(=O)CCC1CCCCC1. The van der Waals surface area contributed by atoms with Crippen molar-refractivity contribution in [2.24, 2.45) is 5.92 Å². The van der Waals surface area contributed by atoms with Gasteiger partial charge in [-0.3, -0.25) is 4.79 Å². The lowest BCUT2D eigenvalue weighted by molar-refractivity contribution is -0.116. The van der Waals surface area contributed by atoms with Crippen molar-refractivity contribution >= 4 is 17.3 Å². The number of carbonyl (C=O) groups is 1. The van der Waals surface area contributed by atoms with Crippen LogP contribution in [0.2, 0.25) is 0 Å². The molecule has 0 aliphatic heterocycles. The molecule has 1 aromatic rings. The summed E-state index contributed by atoms with van der Waals surface area (Å²) < 4.78 is 0. The highest BCUT2D eigenvalue weighted by molar-refractivity contribution is 5.92. The molecule has 1 aliphatic carbocycles. The summed E-state index contributed by atoms with van der Waals surface area (Å²) in [7, 11) is 0. The number of nitrogens with one attached hydrogen (secondary N) is 1. The van der Waals surface area contributed by atoms with E-state index in [-0.39, 0.29) is 5.91 Å². The van der Waals surface area contributed by atoms with Crippen LogP contribution in [0.25, 0.3) is 0 Å². The Hall–Kier alpha value is -1.51. The molecule has 1 amide bonds. The molecule has 1 aromatic carbocycles. The maximum absolute atomic E-state index is 12.0. The van der Waals surface area contributed by atoms with Crippen LogP contribution in [0, 0.1) is 12.8 Å². The molecule has 3 N–H and O–H groups in total. The molecule has 19 heavy (non-hydrogen) atoms. The summed E-state index contributed by atoms with van der Waals surface area (Å²) in [5, 5.41) is 2.97. The van der Waals surface area contributed by atoms with E-state index in [9.17, 15) is 4.79 Å². The van der Waals surface area contributed by atoms with Gasteiger partial charge in [-0.25, -0.2) is 0 Å². The Morgan fingerprint density at radius 2 is 2.05 bits per heavy atom. The number of nitrogen functional groups attached to an aromatic ring is 1. The number of carbonyl (C=O) groups excluding carboxylic acids is 1. The van der Waals surface area contributed by atoms with Crippen LogP contribution >= 0.6 is 0 Å². The van der Waals surface area contributed by atoms with Crippen LogP contribution in [0.4, 0.5) is 11.4 Å². The van der Waals surface area contributed by atoms with Crippen LogP contribution in [-0.2, 0) is 4.79 Å². The zero-order valence-corrected chi connectivity index (χ0v) is 11.7. The summed E-state index contributed by atoms with van der Waals surface area (Å²) in [5.41, 5.74) is 8.33. The predicted octanol–water partition coefficient (Wildman–Crippen LogP) is 3.88. The molecule has 0 heterocycles. The minimum absolute atomic E-state index is 0.110. The van der Waals surface area contributed by atoms with Gasteiger partial charge in [0, 0.05) is 17.8 Å². The molecule has 1 saturated carbocycles. The third-order valence-electron chi connectivity index (χ3n) is 4.04. The van der Waals surface area contributed by atoms with E-state index in [0.717, 1.165) is 23.6 Å². The second-order valence-corrected chi connectivity index (χ2v) is 5.67. The van der Waals surface area contributed by atoms with Crippen LogP contribution in [0.5, 0.6) is 0 Å². The number of hydrogen-bond donors (Lipinski definition) is 2. The van der Waals surface area contributed by atoms with Crippen molar-refractivity contribution in [3.63, 3.8) is 0 Å². The molecule has 2 rings (SSSR count). The lowest BCUT2D eigenvalue weighted by atomic mass is 9.86. The smallest absolute Gasteiger partial charge is 0.224 e. The molecule has 3 nitrogen and oxygen atoms in total. The van der Waals surface area contributed by atoms with Crippen molar-refractivity contribution in [2.45, 2.75) is 51.9 Å². The van der Waals surface area contributed by atoms with Crippen molar-refractivity contribution < 1.29 is 4.79 Å². The monoisotopic (exact) mass is 260 g/mol. The van der Waals surface area contributed by atoms with Gasteiger partial charge >= 0.3 is 0 Å². The van der Waals surface area contributed by atoms with Crippen LogP contribution in [0.3, 0.4) is 0 Å². The third-order valence-corrected chi connectivity index (χ3v) is 4.04. The highest BCUT2D eigenvalue weighted by Crippen LogP contribution is 2.27. The first kappa shape index (κ1) is 13.9. The predicted molar refractivity (Wildman–Crippen MR) is 80.0 cm³/mol. The summed E-state index contributed by atoms with van der Waals surface area (Å²) in [6.45, 7) is 1.98. The zero-order chi connectivity index (χ0) is 13.7. The average molecular weight is 260 g/mol. The van der Waals surface area contributed by atoms with E-state index in [1.807, 2.05) is 25.1 Å². The van der Waals surface area contributed by atoms with Crippen molar-refractivity contribution in [3.05, 3.63) is 23.8 Å². The number of hydrogen-bond acceptors (Lipinski definition) is 2. The van der Waals surface area contributed by atoms with Gasteiger partial charge in [-0.05, 0) is 37.0 Å². The van der Waals surface area contributed by atoms with Crippen molar-refractivity contribution in [3.8, 4) is 0 Å². The van der Waals surface area contributed by atoms with Gasteiger partial charge in [0.25, 0.3) is 0 Å². The summed E-state index contributed by atoms with van der Waals surface area (Å²) in [4.78, 5) is 12.0. The summed E-state index contributed by atoms with van der Waals surface area (Å²) in [5.74, 6) is 0.862. The number of anilines is 2. The van der Waals surface area contributed by atoms with E-state index < -0.39 is 0 Å². The van der Waals surface area contributed by atoms with Crippen LogP contribution in [0.15, 0.2) is 18.2 Å². The average Bonchev–Trinajstić information content (AvgIpc) is 2.42. The molecule has 0 aromatic heterocycles. The highest BCUT2D eigenvalue weighted by atomic mass is 16.1. The second-order valence-electron chi connectivity index (χ2n) is 5.67. The fourth-order valence-corrected chi connectivity index (χ4v) is 2.80. The minimum Gasteiger partial charge on any atom is -0.399 e. The fourth-order valence-electron chi connectivity index (χ4n) is 2.80. The van der Waals surface area contributed by atoms with E-state index in [1.54, 1.807) is 0 Å². The molecule has 0 bridgehead atoms. The Morgan fingerprint density at radius 3 is 2.79 bits per heavy atom. The van der Waals surface area contributed by atoms with E-state index in [4.69, 9.17) is 5.73 Å². The molecule has 0 unspecified atom stereocenters. The van der Waals surface area contributed by atoms with E-state index in [1.165, 1.54) is 32.1 Å². The Morgan fingerprint density at radius 1 is 1.32 bits per heavy atom. The number of nitrogens with two attached hydrogens (primary N) is 1. The molecule has 1 fully saturated rings. The van der Waals surface area contributed by atoms with Crippen LogP contribution < -0.4 is 11.1 Å². The standard InChI is InChI=1S/C16H24N2O/c1-12-7-9-14(17)11-15(12)18-16(19)10-8-13-5-3-2-4-6-13/h7,9,11,13H,2-6,8,10,17H2,1H3,(H,18,19). The molecule has 3 heteroatoms. The van der Waals surface area contributed by atoms with Crippen LogP contribution in [0.1, 0.15) is 50.5 Å². The zero-order valence-electron chi connectivity index (χ0n) is 11.7. The van der Waals surface area contributed by atoms with Crippen molar-refractivity contribution in [1.82, 2.24) is 0 Å². The van der Waals surface area contributed by atoms with Gasteiger partial charge < -0.3 is 11.1 Å². The van der Waals surface area contributed by atoms with E-state index in [2.05, 4.69) is 5.32 Å². The summed E-state index contributed by atoms with van der Waals surface area (Å²) in [6.07, 6.45) is 8.27. The number of rotatable bonds is 4. The van der Waals surface area contributed by atoms with Gasteiger partial charge in [-0.15, -0.1) is 0 Å². The highest BCUT2D eigenvalue weighted by Gasteiger charge is 2.15. The normalized spacial score (nSPS) is 16.3. The first-order chi connectivity index (χ1) is 9.15. The topological polar surface area (TPSA) is 55.1 Å². The summed E-state index contributed by atoms with van der Waals surface area (Å²) >= 11 is 0. The van der Waals surface area contributed by atoms with Crippen molar-refractivity contribution in [2.75, 3.05) is 11.1 Å². The quantitative estimate of drug-likeness (QED) is 0.807. The van der Waals surface area contributed by atoms with Crippen LogP contribution in [-0.4, -0.2) is 5.91 Å². The van der Waals surface area contributed by atoms with Crippen molar-refractivity contribution in [1.29, 1.82) is 0 Å². The molecule has 0 spiro atoms. The summed E-state index contributed by atoms with van der Waals surface area (Å²) in [6, 6.07) is 5.62. The number of aryl methyl sites for hydroxylation is 1.